The van der Waals surface area contributed by atoms with Crippen molar-refractivity contribution in [3.8, 4) is 5.75 Å². The second-order valence-corrected chi connectivity index (χ2v) is 6.57. The third kappa shape index (κ3) is 3.67. The Morgan fingerprint density at radius 2 is 1.75 bits per heavy atom. The lowest BCUT2D eigenvalue weighted by molar-refractivity contribution is -0.112. The third-order valence-corrected chi connectivity index (χ3v) is 3.68. The summed E-state index contributed by atoms with van der Waals surface area (Å²) in [7, 11) is 3.16. The minimum Gasteiger partial charge on any atom is -0.496 e. The summed E-state index contributed by atoms with van der Waals surface area (Å²) in [5.41, 5.74) is 0.107. The number of fused-ring (bicyclic) bond motifs is 1. The van der Waals surface area contributed by atoms with Gasteiger partial charge in [0, 0.05) is 12.4 Å². The molecule has 5 heteroatoms. The highest BCUT2D eigenvalue weighted by atomic mass is 16.6. The van der Waals surface area contributed by atoms with E-state index in [1.54, 1.807) is 47.1 Å². The van der Waals surface area contributed by atoms with Crippen LogP contribution in [0.3, 0.4) is 0 Å². The smallest absolute Gasteiger partial charge is 0.410 e. The van der Waals surface area contributed by atoms with Gasteiger partial charge in [0.1, 0.15) is 23.7 Å². The Bertz CT molecular complexity index is 749. The minimum absolute atomic E-state index is 0.542. The van der Waals surface area contributed by atoms with Crippen LogP contribution in [0.1, 0.15) is 32.4 Å². The molecule has 0 aliphatic rings. The van der Waals surface area contributed by atoms with E-state index in [1.165, 1.54) is 4.90 Å². The van der Waals surface area contributed by atoms with Crippen molar-refractivity contribution < 1.29 is 19.1 Å². The predicted molar refractivity (Wildman–Crippen MR) is 93.3 cm³/mol. The van der Waals surface area contributed by atoms with Crippen LogP contribution in [-0.2, 0) is 9.53 Å². The molecule has 1 atom stereocenters. The second-order valence-electron chi connectivity index (χ2n) is 6.57. The van der Waals surface area contributed by atoms with E-state index in [1.807, 2.05) is 24.3 Å². The van der Waals surface area contributed by atoms with E-state index in [2.05, 4.69) is 0 Å². The fraction of sp³-hybridized carbons (Fsp3) is 0.368. The highest BCUT2D eigenvalue weighted by Crippen LogP contribution is 2.33. The number of amides is 1. The molecule has 128 valence electrons. The van der Waals surface area contributed by atoms with E-state index in [0.717, 1.165) is 28.4 Å². The SMILES string of the molecule is COc1ccc(C(C=O)N(C)C(=O)OC(C)(C)C)c2ccccc12. The molecule has 0 aromatic heterocycles. The van der Waals surface area contributed by atoms with E-state index < -0.39 is 17.7 Å². The van der Waals surface area contributed by atoms with Crippen molar-refractivity contribution in [3.05, 3.63) is 42.0 Å². The molecular weight excluding hydrogens is 306 g/mol. The Hall–Kier alpha value is -2.56. The van der Waals surface area contributed by atoms with Crippen molar-refractivity contribution in [1.29, 1.82) is 0 Å². The van der Waals surface area contributed by atoms with E-state index in [-0.39, 0.29) is 0 Å². The van der Waals surface area contributed by atoms with E-state index in [4.69, 9.17) is 9.47 Å². The number of ether oxygens (including phenoxy) is 2. The Labute approximate surface area is 142 Å². The zero-order valence-corrected chi connectivity index (χ0v) is 14.7. The topological polar surface area (TPSA) is 55.8 Å². The highest BCUT2D eigenvalue weighted by Gasteiger charge is 2.27. The van der Waals surface area contributed by atoms with Gasteiger partial charge in [-0.2, -0.15) is 0 Å². The van der Waals surface area contributed by atoms with E-state index in [0.29, 0.717) is 0 Å². The summed E-state index contributed by atoms with van der Waals surface area (Å²) in [6.45, 7) is 5.37. The first-order valence-corrected chi connectivity index (χ1v) is 7.75. The fourth-order valence-corrected chi connectivity index (χ4v) is 2.55. The maximum atomic E-state index is 12.3. The normalized spacial score (nSPS) is 12.5. The molecular formula is C19H23NO4. The van der Waals surface area contributed by atoms with Gasteiger partial charge in [-0.05, 0) is 37.8 Å². The largest absolute Gasteiger partial charge is 0.496 e. The minimum atomic E-state index is -0.740. The number of nitrogens with zero attached hydrogens (tertiary/aromatic N) is 1. The molecule has 0 spiro atoms. The average molecular weight is 329 g/mol. The molecule has 5 nitrogen and oxygen atoms in total. The lowest BCUT2D eigenvalue weighted by atomic mass is 9.98. The van der Waals surface area contributed by atoms with Gasteiger partial charge in [0.15, 0.2) is 0 Å². The number of rotatable bonds is 4. The van der Waals surface area contributed by atoms with Crippen molar-refractivity contribution in [2.45, 2.75) is 32.4 Å². The van der Waals surface area contributed by atoms with Gasteiger partial charge in [-0.15, -0.1) is 0 Å². The average Bonchev–Trinajstić information content (AvgIpc) is 2.53. The Morgan fingerprint density at radius 3 is 2.29 bits per heavy atom. The van der Waals surface area contributed by atoms with Crippen LogP contribution in [0.25, 0.3) is 10.8 Å². The van der Waals surface area contributed by atoms with Crippen LogP contribution in [0.5, 0.6) is 5.75 Å². The Balaban J connectivity index is 2.46. The molecule has 1 unspecified atom stereocenters. The van der Waals surface area contributed by atoms with Gasteiger partial charge < -0.3 is 14.3 Å². The summed E-state index contributed by atoms with van der Waals surface area (Å²) in [6, 6.07) is 10.5. The second kappa shape index (κ2) is 6.91. The van der Waals surface area contributed by atoms with Gasteiger partial charge in [-0.1, -0.05) is 30.3 Å². The molecule has 0 saturated carbocycles. The fourth-order valence-electron chi connectivity index (χ4n) is 2.55. The summed E-state index contributed by atoms with van der Waals surface area (Å²) in [5, 5.41) is 1.76. The van der Waals surface area contributed by atoms with Crippen LogP contribution in [0.2, 0.25) is 0 Å². The monoisotopic (exact) mass is 329 g/mol. The van der Waals surface area contributed by atoms with Crippen LogP contribution in [0.15, 0.2) is 36.4 Å². The zero-order chi connectivity index (χ0) is 17.9. The summed E-state index contributed by atoms with van der Waals surface area (Å²) < 4.78 is 10.7. The zero-order valence-electron chi connectivity index (χ0n) is 14.7. The molecule has 0 aliphatic heterocycles. The number of methoxy groups -OCH3 is 1. The molecule has 24 heavy (non-hydrogen) atoms. The molecule has 0 aliphatic carbocycles. The maximum absolute atomic E-state index is 12.3. The first-order valence-electron chi connectivity index (χ1n) is 7.75. The van der Waals surface area contributed by atoms with Gasteiger partial charge in [0.2, 0.25) is 0 Å². The van der Waals surface area contributed by atoms with E-state index in [9.17, 15) is 9.59 Å². The van der Waals surface area contributed by atoms with Crippen LogP contribution < -0.4 is 4.74 Å². The molecule has 0 bridgehead atoms. The number of likely N-dealkylation sites (N-methyl/N-ethyl adjacent to an activating group) is 1. The summed E-state index contributed by atoms with van der Waals surface area (Å²) in [6.07, 6.45) is 0.206. The summed E-state index contributed by atoms with van der Waals surface area (Å²) in [5.74, 6) is 0.721. The number of carbonyl (C=O) groups is 2. The van der Waals surface area contributed by atoms with Gasteiger partial charge in [-0.25, -0.2) is 4.79 Å². The predicted octanol–water partition coefficient (Wildman–Crippen LogP) is 3.96. The molecule has 0 radical (unpaired) electrons. The molecule has 1 amide bonds. The number of aldehydes is 1. The van der Waals surface area contributed by atoms with Crippen molar-refractivity contribution in [1.82, 2.24) is 4.90 Å². The first-order chi connectivity index (χ1) is 11.3. The standard InChI is InChI=1S/C19H23NO4/c1-19(2,3)24-18(22)20(4)16(12-21)14-10-11-17(23-5)15-9-7-6-8-13(14)15/h6-12,16H,1-5H3. The number of hydrogen-bond acceptors (Lipinski definition) is 4. The quantitative estimate of drug-likeness (QED) is 0.797. The third-order valence-electron chi connectivity index (χ3n) is 3.68. The first kappa shape index (κ1) is 17.8. The number of benzene rings is 2. The van der Waals surface area contributed by atoms with Gasteiger partial charge in [-0.3, -0.25) is 4.90 Å². The lowest BCUT2D eigenvalue weighted by Crippen LogP contribution is -2.37. The summed E-state index contributed by atoms with van der Waals surface area (Å²) >= 11 is 0. The molecule has 0 heterocycles. The number of hydrogen-bond donors (Lipinski definition) is 0. The van der Waals surface area contributed by atoms with Crippen molar-refractivity contribution in [2.24, 2.45) is 0 Å². The summed E-state index contributed by atoms with van der Waals surface area (Å²) in [4.78, 5) is 25.4. The van der Waals surface area contributed by atoms with Crippen molar-refractivity contribution >= 4 is 23.2 Å². The molecule has 2 rings (SSSR count). The Kier molecular flexibility index (Phi) is 5.12. The Morgan fingerprint density at radius 1 is 1.12 bits per heavy atom. The molecule has 2 aromatic rings. The van der Waals surface area contributed by atoms with Crippen LogP contribution in [-0.4, -0.2) is 37.0 Å². The van der Waals surface area contributed by atoms with Gasteiger partial charge in [0.05, 0.1) is 7.11 Å². The van der Waals surface area contributed by atoms with Gasteiger partial charge >= 0.3 is 6.09 Å². The molecule has 0 N–H and O–H groups in total. The molecule has 0 fully saturated rings. The maximum Gasteiger partial charge on any atom is 0.410 e. The number of carbonyl (C=O) groups excluding carboxylic acids is 2. The highest BCUT2D eigenvalue weighted by molar-refractivity contribution is 5.93. The molecule has 0 saturated heterocycles. The van der Waals surface area contributed by atoms with Crippen LogP contribution in [0.4, 0.5) is 4.79 Å². The lowest BCUT2D eigenvalue weighted by Gasteiger charge is -2.28. The van der Waals surface area contributed by atoms with E-state index >= 15 is 0 Å². The van der Waals surface area contributed by atoms with Crippen molar-refractivity contribution in [2.75, 3.05) is 14.2 Å². The van der Waals surface area contributed by atoms with Crippen LogP contribution in [0, 0.1) is 0 Å². The van der Waals surface area contributed by atoms with Crippen LogP contribution >= 0.6 is 0 Å². The molecule has 2 aromatic carbocycles. The van der Waals surface area contributed by atoms with Gasteiger partial charge in [0.25, 0.3) is 0 Å². The van der Waals surface area contributed by atoms with Crippen molar-refractivity contribution in [3.63, 3.8) is 0 Å².